The minimum Gasteiger partial charge on any atom is -0.383 e. The second-order valence-electron chi connectivity index (χ2n) is 6.33. The lowest BCUT2D eigenvalue weighted by molar-refractivity contribution is 1.26. The molecule has 0 spiro atoms. The Kier molecular flexibility index (Phi) is 5.18. The standard InChI is InChI=1S/C24H18ClN3/c25-21-13-11-19(12-14-21)23(26)28-24-22(18-9-5-2-6-10-18)15-20(16-27-24)17-7-3-1-4-8-17/h1-16H,(H2,26,27,28). The first-order valence-electron chi connectivity index (χ1n) is 8.92. The normalized spacial score (nSPS) is 11.4. The first-order valence-corrected chi connectivity index (χ1v) is 9.29. The molecule has 0 aliphatic rings. The van der Waals surface area contributed by atoms with Gasteiger partial charge in [-0.3, -0.25) is 0 Å². The lowest BCUT2D eigenvalue weighted by Gasteiger charge is -2.10. The number of benzene rings is 3. The van der Waals surface area contributed by atoms with Crippen LogP contribution in [0, 0.1) is 0 Å². The van der Waals surface area contributed by atoms with Gasteiger partial charge in [-0.25, -0.2) is 9.98 Å². The Balaban J connectivity index is 1.82. The SMILES string of the molecule is NC(=Nc1ncc(-c2ccccc2)cc1-c1ccccc1)c1ccc(Cl)cc1. The fraction of sp³-hybridized carbons (Fsp3) is 0. The van der Waals surface area contributed by atoms with Crippen LogP contribution < -0.4 is 5.73 Å². The van der Waals surface area contributed by atoms with Gasteiger partial charge in [-0.1, -0.05) is 72.3 Å². The van der Waals surface area contributed by atoms with E-state index in [0.717, 1.165) is 27.8 Å². The molecule has 4 rings (SSSR count). The Morgan fingerprint density at radius 2 is 1.36 bits per heavy atom. The molecule has 4 heteroatoms. The van der Waals surface area contributed by atoms with Crippen molar-refractivity contribution < 1.29 is 0 Å². The maximum absolute atomic E-state index is 6.24. The summed E-state index contributed by atoms with van der Waals surface area (Å²) in [6.45, 7) is 0. The number of pyridine rings is 1. The molecule has 0 atom stereocenters. The van der Waals surface area contributed by atoms with Crippen molar-refractivity contribution in [1.82, 2.24) is 4.98 Å². The molecule has 3 aromatic carbocycles. The number of aromatic nitrogens is 1. The predicted molar refractivity (Wildman–Crippen MR) is 117 cm³/mol. The molecule has 0 saturated heterocycles. The van der Waals surface area contributed by atoms with Crippen molar-refractivity contribution in [3.05, 3.63) is 108 Å². The van der Waals surface area contributed by atoms with Gasteiger partial charge in [-0.15, -0.1) is 0 Å². The lowest BCUT2D eigenvalue weighted by Crippen LogP contribution is -2.12. The van der Waals surface area contributed by atoms with Crippen molar-refractivity contribution in [1.29, 1.82) is 0 Å². The average Bonchev–Trinajstić information content (AvgIpc) is 2.75. The smallest absolute Gasteiger partial charge is 0.162 e. The first-order chi connectivity index (χ1) is 13.7. The van der Waals surface area contributed by atoms with Crippen LogP contribution in [0.15, 0.2) is 102 Å². The van der Waals surface area contributed by atoms with Crippen molar-refractivity contribution in [3.8, 4) is 22.3 Å². The van der Waals surface area contributed by atoms with Gasteiger partial charge in [0.25, 0.3) is 0 Å². The molecule has 1 heterocycles. The zero-order valence-corrected chi connectivity index (χ0v) is 15.8. The number of amidine groups is 1. The van der Waals surface area contributed by atoms with Gasteiger partial charge in [0.15, 0.2) is 5.82 Å². The van der Waals surface area contributed by atoms with Gasteiger partial charge < -0.3 is 5.73 Å². The second kappa shape index (κ2) is 8.07. The van der Waals surface area contributed by atoms with E-state index in [1.165, 1.54) is 0 Å². The maximum Gasteiger partial charge on any atom is 0.162 e. The molecule has 0 amide bonds. The van der Waals surface area contributed by atoms with Crippen molar-refractivity contribution in [3.63, 3.8) is 0 Å². The highest BCUT2D eigenvalue weighted by molar-refractivity contribution is 6.30. The number of nitrogens with zero attached hydrogens (tertiary/aromatic N) is 2. The maximum atomic E-state index is 6.24. The predicted octanol–water partition coefficient (Wildman–Crippen LogP) is 6.11. The molecule has 0 bridgehead atoms. The molecule has 28 heavy (non-hydrogen) atoms. The van der Waals surface area contributed by atoms with Crippen LogP contribution in [0.25, 0.3) is 22.3 Å². The lowest BCUT2D eigenvalue weighted by atomic mass is 10.0. The van der Waals surface area contributed by atoms with Crippen LogP contribution in [0.3, 0.4) is 0 Å². The highest BCUT2D eigenvalue weighted by Crippen LogP contribution is 2.32. The molecule has 4 aromatic rings. The highest BCUT2D eigenvalue weighted by Gasteiger charge is 2.10. The highest BCUT2D eigenvalue weighted by atomic mass is 35.5. The van der Waals surface area contributed by atoms with E-state index in [0.29, 0.717) is 16.7 Å². The third kappa shape index (κ3) is 3.95. The molecular formula is C24H18ClN3. The summed E-state index contributed by atoms with van der Waals surface area (Å²) in [5.41, 5.74) is 11.1. The van der Waals surface area contributed by atoms with E-state index >= 15 is 0 Å². The summed E-state index contributed by atoms with van der Waals surface area (Å²) in [5.74, 6) is 0.979. The number of rotatable bonds is 4. The number of hydrogen-bond acceptors (Lipinski definition) is 2. The molecule has 0 aliphatic heterocycles. The van der Waals surface area contributed by atoms with Crippen LogP contribution in [0.5, 0.6) is 0 Å². The summed E-state index contributed by atoms with van der Waals surface area (Å²) >= 11 is 5.96. The number of aliphatic imine (C=N–C) groups is 1. The average molecular weight is 384 g/mol. The van der Waals surface area contributed by atoms with Crippen molar-refractivity contribution in [2.75, 3.05) is 0 Å². The van der Waals surface area contributed by atoms with E-state index in [-0.39, 0.29) is 0 Å². The summed E-state index contributed by atoms with van der Waals surface area (Å²) in [7, 11) is 0. The molecule has 0 saturated carbocycles. The van der Waals surface area contributed by atoms with Gasteiger partial charge in [0, 0.05) is 27.9 Å². The Morgan fingerprint density at radius 1 is 0.750 bits per heavy atom. The summed E-state index contributed by atoms with van der Waals surface area (Å²) < 4.78 is 0. The quantitative estimate of drug-likeness (QED) is 0.341. The summed E-state index contributed by atoms with van der Waals surface area (Å²) in [4.78, 5) is 9.23. The van der Waals surface area contributed by atoms with Crippen LogP contribution in [-0.4, -0.2) is 10.8 Å². The van der Waals surface area contributed by atoms with Gasteiger partial charge in [-0.05, 0) is 41.5 Å². The third-order valence-corrected chi connectivity index (χ3v) is 4.68. The van der Waals surface area contributed by atoms with E-state index in [1.54, 1.807) is 12.1 Å². The van der Waals surface area contributed by atoms with E-state index < -0.39 is 0 Å². The monoisotopic (exact) mass is 383 g/mol. The third-order valence-electron chi connectivity index (χ3n) is 4.42. The zero-order valence-electron chi connectivity index (χ0n) is 15.1. The Hall–Kier alpha value is -3.43. The molecule has 0 fully saturated rings. The van der Waals surface area contributed by atoms with Crippen molar-refractivity contribution >= 4 is 23.3 Å². The summed E-state index contributed by atoms with van der Waals surface area (Å²) in [6.07, 6.45) is 1.83. The van der Waals surface area contributed by atoms with Gasteiger partial charge in [-0.2, -0.15) is 0 Å². The fourth-order valence-corrected chi connectivity index (χ4v) is 3.09. The number of hydrogen-bond donors (Lipinski definition) is 1. The molecule has 0 unspecified atom stereocenters. The summed E-state index contributed by atoms with van der Waals surface area (Å²) in [5, 5.41) is 0.659. The van der Waals surface area contributed by atoms with Crippen molar-refractivity contribution in [2.24, 2.45) is 10.7 Å². The largest absolute Gasteiger partial charge is 0.383 e. The van der Waals surface area contributed by atoms with Gasteiger partial charge in [0.1, 0.15) is 5.84 Å². The molecule has 2 N–H and O–H groups in total. The van der Waals surface area contributed by atoms with E-state index in [2.05, 4.69) is 28.2 Å². The van der Waals surface area contributed by atoms with Crippen LogP contribution in [-0.2, 0) is 0 Å². The topological polar surface area (TPSA) is 51.3 Å². The molecule has 0 radical (unpaired) electrons. The second-order valence-corrected chi connectivity index (χ2v) is 6.77. The van der Waals surface area contributed by atoms with E-state index in [4.69, 9.17) is 17.3 Å². The number of nitrogens with two attached hydrogens (primary N) is 1. The minimum absolute atomic E-state index is 0.397. The first kappa shape index (κ1) is 18.0. The molecule has 3 nitrogen and oxygen atoms in total. The fourth-order valence-electron chi connectivity index (χ4n) is 2.96. The van der Waals surface area contributed by atoms with Crippen LogP contribution in [0.4, 0.5) is 5.82 Å². The molecular weight excluding hydrogens is 366 g/mol. The zero-order chi connectivity index (χ0) is 19.3. The molecule has 136 valence electrons. The van der Waals surface area contributed by atoms with Gasteiger partial charge in [0.2, 0.25) is 0 Å². The van der Waals surface area contributed by atoms with Gasteiger partial charge in [0.05, 0.1) is 0 Å². The Labute approximate surface area is 169 Å². The van der Waals surface area contributed by atoms with Crippen LogP contribution >= 0.6 is 11.6 Å². The Bertz CT molecular complexity index is 1110. The summed E-state index contributed by atoms with van der Waals surface area (Å²) in [6, 6.07) is 29.6. The molecule has 1 aromatic heterocycles. The van der Waals surface area contributed by atoms with Crippen molar-refractivity contribution in [2.45, 2.75) is 0 Å². The minimum atomic E-state index is 0.397. The number of halogens is 1. The van der Waals surface area contributed by atoms with Crippen LogP contribution in [0.1, 0.15) is 5.56 Å². The van der Waals surface area contributed by atoms with Crippen LogP contribution in [0.2, 0.25) is 5.02 Å². The van der Waals surface area contributed by atoms with E-state index in [9.17, 15) is 0 Å². The van der Waals surface area contributed by atoms with E-state index in [1.807, 2.05) is 66.9 Å². The molecule has 0 aliphatic carbocycles. The Morgan fingerprint density at radius 3 is 2.00 bits per heavy atom. The van der Waals surface area contributed by atoms with Gasteiger partial charge >= 0.3 is 0 Å².